The van der Waals surface area contributed by atoms with Crippen molar-refractivity contribution >= 4 is 11.9 Å². The second-order valence-corrected chi connectivity index (χ2v) is 4.20. The Morgan fingerprint density at radius 2 is 2.00 bits per heavy atom. The number of hydrogen-bond donors (Lipinski definition) is 2. The van der Waals surface area contributed by atoms with Gasteiger partial charge in [-0.25, -0.2) is 4.79 Å². The maximum Gasteiger partial charge on any atom is 0.326 e. The van der Waals surface area contributed by atoms with Crippen molar-refractivity contribution in [3.8, 4) is 5.75 Å². The molecule has 110 valence electrons. The van der Waals surface area contributed by atoms with Gasteiger partial charge in [-0.05, 0) is 25.0 Å². The van der Waals surface area contributed by atoms with Crippen molar-refractivity contribution in [1.29, 1.82) is 0 Å². The van der Waals surface area contributed by atoms with Crippen LogP contribution in [0.1, 0.15) is 12.8 Å². The summed E-state index contributed by atoms with van der Waals surface area (Å²) in [4.78, 5) is 22.6. The van der Waals surface area contributed by atoms with E-state index in [4.69, 9.17) is 14.6 Å². The summed E-state index contributed by atoms with van der Waals surface area (Å²) in [6.45, 7) is 0.248. The molecule has 1 aromatic carbocycles. The van der Waals surface area contributed by atoms with E-state index in [1.165, 1.54) is 0 Å². The van der Waals surface area contributed by atoms with Gasteiger partial charge < -0.3 is 19.9 Å². The fourth-order valence-electron chi connectivity index (χ4n) is 1.59. The van der Waals surface area contributed by atoms with Gasteiger partial charge in [0, 0.05) is 13.7 Å². The molecule has 0 aromatic heterocycles. The van der Waals surface area contributed by atoms with Crippen molar-refractivity contribution in [2.24, 2.45) is 0 Å². The molecule has 6 nitrogen and oxygen atoms in total. The molecule has 20 heavy (non-hydrogen) atoms. The number of hydrogen-bond acceptors (Lipinski definition) is 4. The number of aliphatic carboxylic acids is 1. The number of benzene rings is 1. The summed E-state index contributed by atoms with van der Waals surface area (Å²) in [5, 5.41) is 11.4. The summed E-state index contributed by atoms with van der Waals surface area (Å²) in [5.74, 6) is -0.957. The molecule has 0 aliphatic rings. The zero-order valence-electron chi connectivity index (χ0n) is 11.4. The number of carboxylic acid groups (broad SMARTS) is 1. The Kier molecular flexibility index (Phi) is 7.13. The van der Waals surface area contributed by atoms with Crippen molar-refractivity contribution in [2.75, 3.05) is 20.3 Å². The number of carbonyl (C=O) groups is 2. The molecule has 0 radical (unpaired) electrons. The van der Waals surface area contributed by atoms with Crippen molar-refractivity contribution < 1.29 is 24.2 Å². The van der Waals surface area contributed by atoms with Crippen LogP contribution < -0.4 is 10.1 Å². The molecule has 2 N–H and O–H groups in total. The normalized spacial score (nSPS) is 11.7. The molecule has 1 amide bonds. The Morgan fingerprint density at radius 3 is 2.60 bits per heavy atom. The molecule has 1 atom stereocenters. The van der Waals surface area contributed by atoms with Crippen molar-refractivity contribution in [2.45, 2.75) is 18.9 Å². The molecular formula is C14H19NO5. The van der Waals surface area contributed by atoms with E-state index in [1.54, 1.807) is 31.4 Å². The van der Waals surface area contributed by atoms with Crippen LogP contribution in [0.2, 0.25) is 0 Å². The van der Waals surface area contributed by atoms with Crippen LogP contribution in [-0.2, 0) is 14.3 Å². The predicted octanol–water partition coefficient (Wildman–Crippen LogP) is 1.06. The fraction of sp³-hybridized carbons (Fsp3) is 0.429. The Morgan fingerprint density at radius 1 is 1.30 bits per heavy atom. The van der Waals surface area contributed by atoms with E-state index in [9.17, 15) is 9.59 Å². The van der Waals surface area contributed by atoms with Crippen LogP contribution in [0.25, 0.3) is 0 Å². The number of carbonyl (C=O) groups excluding carboxylic acids is 1. The summed E-state index contributed by atoms with van der Waals surface area (Å²) >= 11 is 0. The maximum absolute atomic E-state index is 11.6. The third-order valence-corrected chi connectivity index (χ3v) is 2.59. The highest BCUT2D eigenvalue weighted by Crippen LogP contribution is 2.07. The Labute approximate surface area is 117 Å². The number of para-hydroxylation sites is 1. The average molecular weight is 281 g/mol. The zero-order chi connectivity index (χ0) is 14.8. The Hall–Kier alpha value is -2.08. The highest BCUT2D eigenvalue weighted by Gasteiger charge is 2.19. The van der Waals surface area contributed by atoms with Gasteiger partial charge in [0.05, 0.1) is 0 Å². The SMILES string of the molecule is COCCCC(NC(=O)COc1ccccc1)C(=O)O. The average Bonchev–Trinajstić information content (AvgIpc) is 2.45. The van der Waals surface area contributed by atoms with Crippen LogP contribution in [0.3, 0.4) is 0 Å². The minimum atomic E-state index is -1.06. The quantitative estimate of drug-likeness (QED) is 0.661. The van der Waals surface area contributed by atoms with Gasteiger partial charge >= 0.3 is 5.97 Å². The molecule has 0 aliphatic carbocycles. The summed E-state index contributed by atoms with van der Waals surface area (Å²) in [7, 11) is 1.54. The third-order valence-electron chi connectivity index (χ3n) is 2.59. The van der Waals surface area contributed by atoms with Crippen LogP contribution in [0, 0.1) is 0 Å². The van der Waals surface area contributed by atoms with Gasteiger partial charge in [0.25, 0.3) is 5.91 Å². The first-order valence-electron chi connectivity index (χ1n) is 6.32. The number of ether oxygens (including phenoxy) is 2. The molecule has 0 bridgehead atoms. The topological polar surface area (TPSA) is 84.9 Å². The number of amides is 1. The molecule has 0 saturated carbocycles. The monoisotopic (exact) mass is 281 g/mol. The lowest BCUT2D eigenvalue weighted by molar-refractivity contribution is -0.142. The van der Waals surface area contributed by atoms with Crippen LogP contribution >= 0.6 is 0 Å². The molecule has 1 unspecified atom stereocenters. The van der Waals surface area contributed by atoms with Crippen molar-refractivity contribution in [1.82, 2.24) is 5.32 Å². The Bertz CT molecular complexity index is 421. The Balaban J connectivity index is 2.36. The largest absolute Gasteiger partial charge is 0.484 e. The highest BCUT2D eigenvalue weighted by molar-refractivity contribution is 5.84. The van der Waals surface area contributed by atoms with E-state index in [1.807, 2.05) is 6.07 Å². The lowest BCUT2D eigenvalue weighted by Gasteiger charge is -2.14. The number of nitrogens with one attached hydrogen (secondary N) is 1. The van der Waals surface area contributed by atoms with E-state index in [-0.39, 0.29) is 6.61 Å². The molecule has 1 rings (SSSR count). The lowest BCUT2D eigenvalue weighted by Crippen LogP contribution is -2.43. The van der Waals surface area contributed by atoms with Crippen LogP contribution in [0.5, 0.6) is 5.75 Å². The first-order chi connectivity index (χ1) is 9.63. The molecule has 0 aliphatic heterocycles. The van der Waals surface area contributed by atoms with Gasteiger partial charge in [-0.2, -0.15) is 0 Å². The van der Waals surface area contributed by atoms with Crippen LogP contribution in [0.4, 0.5) is 0 Å². The molecule has 0 saturated heterocycles. The number of methoxy groups -OCH3 is 1. The molecule has 0 heterocycles. The summed E-state index contributed by atoms with van der Waals surface area (Å²) < 4.78 is 10.1. The van der Waals surface area contributed by atoms with Crippen molar-refractivity contribution in [3.63, 3.8) is 0 Å². The van der Waals surface area contributed by atoms with Crippen molar-refractivity contribution in [3.05, 3.63) is 30.3 Å². The van der Waals surface area contributed by atoms with Gasteiger partial charge in [0.15, 0.2) is 6.61 Å². The maximum atomic E-state index is 11.6. The van der Waals surface area contributed by atoms with Gasteiger partial charge in [-0.3, -0.25) is 4.79 Å². The molecule has 1 aromatic rings. The second-order valence-electron chi connectivity index (χ2n) is 4.20. The zero-order valence-corrected chi connectivity index (χ0v) is 11.4. The van der Waals surface area contributed by atoms with Gasteiger partial charge in [0.2, 0.25) is 0 Å². The smallest absolute Gasteiger partial charge is 0.326 e. The van der Waals surface area contributed by atoms with E-state index >= 15 is 0 Å². The van der Waals surface area contributed by atoms with Gasteiger partial charge in [0.1, 0.15) is 11.8 Å². The minimum Gasteiger partial charge on any atom is -0.484 e. The molecule has 6 heteroatoms. The van der Waals surface area contributed by atoms with Gasteiger partial charge in [-0.1, -0.05) is 18.2 Å². The molecule has 0 fully saturated rings. The first-order valence-corrected chi connectivity index (χ1v) is 6.32. The van der Waals surface area contributed by atoms with E-state index < -0.39 is 17.9 Å². The standard InChI is InChI=1S/C14H19NO5/c1-19-9-5-8-12(14(17)18)15-13(16)10-20-11-6-3-2-4-7-11/h2-4,6-7,12H,5,8-10H2,1H3,(H,15,16)(H,17,18). The van der Waals surface area contributed by atoms with Crippen LogP contribution in [0.15, 0.2) is 30.3 Å². The minimum absolute atomic E-state index is 0.210. The van der Waals surface area contributed by atoms with E-state index in [2.05, 4.69) is 5.32 Å². The summed E-state index contributed by atoms with van der Waals surface area (Å²) in [5.41, 5.74) is 0. The van der Waals surface area contributed by atoms with E-state index in [0.29, 0.717) is 25.2 Å². The van der Waals surface area contributed by atoms with Gasteiger partial charge in [-0.15, -0.1) is 0 Å². The fourth-order valence-corrected chi connectivity index (χ4v) is 1.59. The first kappa shape index (κ1) is 16.0. The number of rotatable bonds is 9. The summed E-state index contributed by atoms with van der Waals surface area (Å²) in [6.07, 6.45) is 0.882. The molecular weight excluding hydrogens is 262 g/mol. The highest BCUT2D eigenvalue weighted by atomic mass is 16.5. The predicted molar refractivity (Wildman–Crippen MR) is 72.6 cm³/mol. The number of carboxylic acids is 1. The molecule has 0 spiro atoms. The second kappa shape index (κ2) is 8.92. The third kappa shape index (κ3) is 6.19. The summed E-state index contributed by atoms with van der Waals surface area (Å²) in [6, 6.07) is 7.94. The van der Waals surface area contributed by atoms with E-state index in [0.717, 1.165) is 0 Å². The van der Waals surface area contributed by atoms with Crippen LogP contribution in [-0.4, -0.2) is 43.3 Å². The lowest BCUT2D eigenvalue weighted by atomic mass is 10.1.